The molecule has 0 aromatic carbocycles. The van der Waals surface area contributed by atoms with Gasteiger partial charge in [-0.1, -0.05) is 0 Å². The van der Waals surface area contributed by atoms with E-state index in [0.717, 1.165) is 0 Å². The Balaban J connectivity index is 4.27. The molecule has 0 bridgehead atoms. The van der Waals surface area contributed by atoms with Gasteiger partial charge < -0.3 is 0 Å². The average molecular weight is 347 g/mol. The van der Waals surface area contributed by atoms with E-state index in [-0.39, 0.29) is 0 Å². The van der Waals surface area contributed by atoms with E-state index < -0.39 is 21.2 Å². The van der Waals surface area contributed by atoms with Crippen molar-refractivity contribution in [2.24, 2.45) is 0 Å². The minimum atomic E-state index is -1.84. The molecule has 11 heavy (non-hydrogen) atoms. The first kappa shape index (κ1) is 11.4. The predicted molar refractivity (Wildman–Crippen MR) is 56.5 cm³/mol. The van der Waals surface area contributed by atoms with Crippen molar-refractivity contribution in [3.8, 4) is 0 Å². The van der Waals surface area contributed by atoms with Gasteiger partial charge in [0, 0.05) is 0 Å². The van der Waals surface area contributed by atoms with Crippen molar-refractivity contribution >= 4 is 21.2 Å². The van der Waals surface area contributed by atoms with Gasteiger partial charge in [0.25, 0.3) is 0 Å². The summed E-state index contributed by atoms with van der Waals surface area (Å²) in [6, 6.07) is 0. The van der Waals surface area contributed by atoms with Gasteiger partial charge in [-0.3, -0.25) is 0 Å². The number of hydrogen-bond donors (Lipinski definition) is 0. The normalized spacial score (nSPS) is 12.3. The summed E-state index contributed by atoms with van der Waals surface area (Å²) in [6.45, 7) is 10.8. The first-order valence-electron chi connectivity index (χ1n) is 4.55. The second-order valence-corrected chi connectivity index (χ2v) is 23.2. The molecule has 0 saturated carbocycles. The molecule has 0 fully saturated rings. The molecule has 0 aliphatic rings. The molecule has 0 aromatic rings. The Kier molecular flexibility index (Phi) is 6.20. The average Bonchev–Trinajstić information content (AvgIpc) is 2.08. The molecule has 0 unspecified atom stereocenters. The van der Waals surface area contributed by atoms with Crippen LogP contribution in [0.3, 0.4) is 0 Å². The molecule has 0 spiro atoms. The van der Waals surface area contributed by atoms with Gasteiger partial charge in [-0.15, -0.1) is 0 Å². The van der Waals surface area contributed by atoms with Crippen LogP contribution in [0.2, 0.25) is 11.9 Å². The second-order valence-electron chi connectivity index (χ2n) is 3.02. The molecular formula is C10H20Pb. The first-order valence-corrected chi connectivity index (χ1v) is 15.0. The molecule has 0 radical (unpaired) electrons. The summed E-state index contributed by atoms with van der Waals surface area (Å²) in [5.41, 5.74) is 0. The molecule has 0 atom stereocenters. The summed E-state index contributed by atoms with van der Waals surface area (Å²) in [5.74, 6) is 0. The molecule has 0 aliphatic heterocycles. The van der Waals surface area contributed by atoms with Crippen LogP contribution in [-0.4, -0.2) is 21.2 Å². The Hall–Kier alpha value is 0.402. The van der Waals surface area contributed by atoms with Crippen molar-refractivity contribution in [2.75, 3.05) is 0 Å². The van der Waals surface area contributed by atoms with Gasteiger partial charge in [0.05, 0.1) is 0 Å². The van der Waals surface area contributed by atoms with Crippen LogP contribution in [-0.2, 0) is 0 Å². The van der Waals surface area contributed by atoms with E-state index in [1.54, 1.807) is 0 Å². The van der Waals surface area contributed by atoms with Crippen LogP contribution >= 0.6 is 0 Å². The monoisotopic (exact) mass is 348 g/mol. The summed E-state index contributed by atoms with van der Waals surface area (Å²) in [4.78, 5) is 0. The fourth-order valence-electron chi connectivity index (χ4n) is 1.38. The van der Waals surface area contributed by atoms with Crippen LogP contribution in [0.25, 0.3) is 0 Å². The quantitative estimate of drug-likeness (QED) is 0.524. The Bertz CT molecular complexity index is 124. The van der Waals surface area contributed by atoms with Crippen molar-refractivity contribution < 1.29 is 0 Å². The van der Waals surface area contributed by atoms with Crippen LogP contribution in [0.1, 0.15) is 20.8 Å². The van der Waals surface area contributed by atoms with E-state index in [1.165, 1.54) is 11.9 Å². The third-order valence-corrected chi connectivity index (χ3v) is 22.6. The SMILES string of the molecule is C=C/C=[CH]/[Pb]([CH2]C)([CH2]C)[CH2]C. The molecular weight excluding hydrogens is 327 g/mol. The van der Waals surface area contributed by atoms with Gasteiger partial charge in [0.2, 0.25) is 0 Å². The fraction of sp³-hybridized carbons (Fsp3) is 0.600. The second kappa shape index (κ2) is 5.98. The number of rotatable bonds is 5. The summed E-state index contributed by atoms with van der Waals surface area (Å²) >= 11 is -1.84. The zero-order valence-corrected chi connectivity index (χ0v) is 11.9. The van der Waals surface area contributed by atoms with Crippen molar-refractivity contribution in [3.63, 3.8) is 0 Å². The molecule has 0 aromatic heterocycles. The third-order valence-electron chi connectivity index (χ3n) is 2.70. The van der Waals surface area contributed by atoms with E-state index in [0.29, 0.717) is 0 Å². The molecule has 0 amide bonds. The van der Waals surface area contributed by atoms with Crippen LogP contribution in [0.15, 0.2) is 22.4 Å². The van der Waals surface area contributed by atoms with E-state index in [1.807, 2.05) is 6.08 Å². The standard InChI is InChI=1S/C4H5.3C2H5.Pb/c1-3-4-2;3*1-2;/h1,3-4H,2H2;3*1H2,2H3;. The van der Waals surface area contributed by atoms with E-state index in [4.69, 9.17) is 0 Å². The third kappa shape index (κ3) is 3.54. The molecule has 0 saturated heterocycles. The number of hydrogen-bond acceptors (Lipinski definition) is 0. The maximum absolute atomic E-state index is 3.72. The predicted octanol–water partition coefficient (Wildman–Crippen LogP) is 3.78. The van der Waals surface area contributed by atoms with Crippen LogP contribution in [0.4, 0.5) is 0 Å². The fourth-order valence-corrected chi connectivity index (χ4v) is 12.1. The molecule has 64 valence electrons. The van der Waals surface area contributed by atoms with E-state index in [2.05, 4.69) is 37.1 Å². The summed E-state index contributed by atoms with van der Waals surface area (Å²) in [7, 11) is 0. The molecule has 0 aliphatic carbocycles. The molecule has 0 nitrogen and oxygen atoms in total. The topological polar surface area (TPSA) is 0 Å². The Morgan fingerprint density at radius 3 is 1.82 bits per heavy atom. The molecule has 0 N–H and O–H groups in total. The van der Waals surface area contributed by atoms with Gasteiger partial charge in [-0.2, -0.15) is 0 Å². The molecule has 0 rings (SSSR count). The molecule has 0 heterocycles. The van der Waals surface area contributed by atoms with Crippen molar-refractivity contribution in [2.45, 2.75) is 32.7 Å². The Labute approximate surface area is 76.0 Å². The minimum absolute atomic E-state index is 1.45. The zero-order chi connectivity index (χ0) is 8.74. The molecule has 1 heteroatoms. The maximum atomic E-state index is 3.72. The van der Waals surface area contributed by atoms with Crippen molar-refractivity contribution in [1.29, 1.82) is 0 Å². The summed E-state index contributed by atoms with van der Waals surface area (Å²) in [5, 5.41) is 0. The zero-order valence-electron chi connectivity index (χ0n) is 8.06. The Morgan fingerprint density at radius 1 is 1.09 bits per heavy atom. The van der Waals surface area contributed by atoms with E-state index >= 15 is 0 Å². The first-order chi connectivity index (χ1) is 5.24. The van der Waals surface area contributed by atoms with Crippen LogP contribution in [0.5, 0.6) is 0 Å². The van der Waals surface area contributed by atoms with Gasteiger partial charge in [0.1, 0.15) is 0 Å². The van der Waals surface area contributed by atoms with Gasteiger partial charge in [0.15, 0.2) is 0 Å². The van der Waals surface area contributed by atoms with Gasteiger partial charge in [-0.25, -0.2) is 0 Å². The summed E-state index contributed by atoms with van der Waals surface area (Å²) < 4.78 is 6.86. The van der Waals surface area contributed by atoms with Crippen molar-refractivity contribution in [1.82, 2.24) is 0 Å². The van der Waals surface area contributed by atoms with Crippen molar-refractivity contribution in [3.05, 3.63) is 22.4 Å². The van der Waals surface area contributed by atoms with Gasteiger partial charge in [-0.05, 0) is 0 Å². The van der Waals surface area contributed by atoms with Crippen LogP contribution < -0.4 is 0 Å². The van der Waals surface area contributed by atoms with Crippen LogP contribution in [0, 0.1) is 0 Å². The summed E-state index contributed by atoms with van der Waals surface area (Å²) in [6.07, 6.45) is 4.08. The van der Waals surface area contributed by atoms with Gasteiger partial charge >= 0.3 is 76.3 Å². The number of allylic oxidation sites excluding steroid dienone is 2. The van der Waals surface area contributed by atoms with E-state index in [9.17, 15) is 0 Å². The Morgan fingerprint density at radius 2 is 1.55 bits per heavy atom.